The monoisotopic (exact) mass is 292 g/mol. The van der Waals surface area contributed by atoms with Gasteiger partial charge in [-0.15, -0.1) is 0 Å². The van der Waals surface area contributed by atoms with Gasteiger partial charge in [0.15, 0.2) is 17.2 Å². The Bertz CT molecular complexity index is 711. The van der Waals surface area contributed by atoms with Crippen molar-refractivity contribution in [2.24, 2.45) is 7.05 Å². The van der Waals surface area contributed by atoms with Crippen molar-refractivity contribution in [2.75, 3.05) is 13.2 Å². The van der Waals surface area contributed by atoms with Gasteiger partial charge in [0.2, 0.25) is 0 Å². The molecule has 2 aromatic rings. The fourth-order valence-electron chi connectivity index (χ4n) is 2.26. The predicted molar refractivity (Wildman–Crippen MR) is 71.2 cm³/mol. The van der Waals surface area contributed by atoms with E-state index in [9.17, 15) is 9.18 Å². The largest absolute Gasteiger partial charge is 0.490 e. The van der Waals surface area contributed by atoms with Gasteiger partial charge in [0, 0.05) is 13.5 Å². The van der Waals surface area contributed by atoms with Crippen LogP contribution >= 0.6 is 0 Å². The number of aromatic carboxylic acids is 1. The highest BCUT2D eigenvalue weighted by atomic mass is 19.1. The molecule has 0 saturated carbocycles. The average Bonchev–Trinajstić information content (AvgIpc) is 2.68. The van der Waals surface area contributed by atoms with Crippen molar-refractivity contribution in [3.63, 3.8) is 0 Å². The van der Waals surface area contributed by atoms with Crippen LogP contribution in [-0.4, -0.2) is 34.1 Å². The number of carboxylic acid groups (broad SMARTS) is 1. The maximum Gasteiger partial charge on any atom is 0.356 e. The van der Waals surface area contributed by atoms with E-state index in [1.165, 1.54) is 22.9 Å². The lowest BCUT2D eigenvalue weighted by Gasteiger charge is -2.13. The third-order valence-corrected chi connectivity index (χ3v) is 3.22. The Kier molecular flexibility index (Phi) is 3.25. The normalized spacial score (nSPS) is 13.8. The Hall–Kier alpha value is -2.57. The van der Waals surface area contributed by atoms with Crippen molar-refractivity contribution in [3.05, 3.63) is 29.7 Å². The fourth-order valence-corrected chi connectivity index (χ4v) is 2.26. The first-order chi connectivity index (χ1) is 10.1. The van der Waals surface area contributed by atoms with Crippen molar-refractivity contribution < 1.29 is 23.8 Å². The number of halogens is 1. The van der Waals surface area contributed by atoms with Gasteiger partial charge in [-0.05, 0) is 18.2 Å². The second-order valence-corrected chi connectivity index (χ2v) is 4.64. The number of rotatable bonds is 2. The minimum absolute atomic E-state index is 0.154. The smallest absolute Gasteiger partial charge is 0.356 e. The molecule has 0 spiro atoms. The highest BCUT2D eigenvalue weighted by Crippen LogP contribution is 2.41. The van der Waals surface area contributed by atoms with Crippen LogP contribution in [0.4, 0.5) is 4.39 Å². The van der Waals surface area contributed by atoms with E-state index in [0.717, 1.165) is 0 Å². The Labute approximate surface area is 119 Å². The molecule has 0 fully saturated rings. The topological polar surface area (TPSA) is 73.6 Å². The second kappa shape index (κ2) is 5.08. The molecular weight excluding hydrogens is 279 g/mol. The average molecular weight is 292 g/mol. The number of aromatic nitrogens is 2. The first-order valence-electron chi connectivity index (χ1n) is 6.43. The first-order valence-corrected chi connectivity index (χ1v) is 6.43. The molecule has 6 nitrogen and oxygen atoms in total. The van der Waals surface area contributed by atoms with Crippen LogP contribution in [0.25, 0.3) is 11.3 Å². The molecule has 0 atom stereocenters. The van der Waals surface area contributed by atoms with Crippen molar-refractivity contribution in [1.29, 1.82) is 0 Å². The number of ether oxygens (including phenoxy) is 2. The van der Waals surface area contributed by atoms with Gasteiger partial charge in [0.25, 0.3) is 0 Å². The predicted octanol–water partition coefficient (Wildman–Crippen LogP) is 2.09. The third kappa shape index (κ3) is 2.31. The molecule has 110 valence electrons. The van der Waals surface area contributed by atoms with E-state index in [2.05, 4.69) is 5.10 Å². The van der Waals surface area contributed by atoms with Crippen molar-refractivity contribution in [2.45, 2.75) is 6.42 Å². The van der Waals surface area contributed by atoms with E-state index < -0.39 is 11.8 Å². The van der Waals surface area contributed by atoms with Crippen LogP contribution in [0.1, 0.15) is 16.9 Å². The molecule has 3 rings (SSSR count). The van der Waals surface area contributed by atoms with Crippen molar-refractivity contribution >= 4 is 5.97 Å². The summed E-state index contributed by atoms with van der Waals surface area (Å²) in [6.45, 7) is 0.900. The summed E-state index contributed by atoms with van der Waals surface area (Å²) in [7, 11) is 1.55. The van der Waals surface area contributed by atoms with Crippen LogP contribution in [0, 0.1) is 5.82 Å². The SMILES string of the molecule is Cn1nc(C(=O)O)cc1-c1c(F)ccc2c1OCCCO2. The fraction of sp³-hybridized carbons (Fsp3) is 0.286. The Morgan fingerprint density at radius 2 is 2.14 bits per heavy atom. The first kappa shape index (κ1) is 13.4. The minimum atomic E-state index is -1.17. The summed E-state index contributed by atoms with van der Waals surface area (Å²) >= 11 is 0. The molecule has 21 heavy (non-hydrogen) atoms. The molecule has 0 saturated heterocycles. The molecule has 7 heteroatoms. The highest BCUT2D eigenvalue weighted by molar-refractivity contribution is 5.87. The molecule has 1 aliphatic rings. The quantitative estimate of drug-likeness (QED) is 0.917. The third-order valence-electron chi connectivity index (χ3n) is 3.22. The lowest BCUT2D eigenvalue weighted by molar-refractivity contribution is 0.0689. The molecule has 2 heterocycles. The van der Waals surface area contributed by atoms with Gasteiger partial charge in [0.05, 0.1) is 24.5 Å². The van der Waals surface area contributed by atoms with Crippen LogP contribution in [0.15, 0.2) is 18.2 Å². The summed E-state index contributed by atoms with van der Waals surface area (Å²) in [4.78, 5) is 11.0. The van der Waals surface area contributed by atoms with Gasteiger partial charge in [-0.2, -0.15) is 5.10 Å². The van der Waals surface area contributed by atoms with Crippen molar-refractivity contribution in [3.8, 4) is 22.8 Å². The highest BCUT2D eigenvalue weighted by Gasteiger charge is 2.24. The van der Waals surface area contributed by atoms with Crippen LogP contribution < -0.4 is 9.47 Å². The Morgan fingerprint density at radius 1 is 1.38 bits per heavy atom. The molecule has 0 aliphatic carbocycles. The second-order valence-electron chi connectivity index (χ2n) is 4.64. The molecule has 0 amide bonds. The number of carboxylic acids is 1. The number of hydrogen-bond acceptors (Lipinski definition) is 4. The van der Waals surface area contributed by atoms with Crippen LogP contribution in [-0.2, 0) is 7.05 Å². The van der Waals surface area contributed by atoms with Gasteiger partial charge in [0.1, 0.15) is 5.82 Å². The Balaban J connectivity index is 2.20. The zero-order valence-corrected chi connectivity index (χ0v) is 11.3. The molecule has 0 radical (unpaired) electrons. The van der Waals surface area contributed by atoms with E-state index in [-0.39, 0.29) is 17.0 Å². The molecular formula is C14H13FN2O4. The Morgan fingerprint density at radius 3 is 2.86 bits per heavy atom. The van der Waals surface area contributed by atoms with Gasteiger partial charge < -0.3 is 14.6 Å². The van der Waals surface area contributed by atoms with Crippen LogP contribution in [0.3, 0.4) is 0 Å². The molecule has 1 aromatic carbocycles. The molecule has 1 aliphatic heterocycles. The number of nitrogens with zero attached hydrogens (tertiary/aromatic N) is 2. The van der Waals surface area contributed by atoms with Crippen molar-refractivity contribution in [1.82, 2.24) is 9.78 Å². The summed E-state index contributed by atoms with van der Waals surface area (Å²) in [5.41, 5.74) is 0.336. The van der Waals surface area contributed by atoms with E-state index in [1.54, 1.807) is 7.05 Å². The molecule has 1 aromatic heterocycles. The molecule has 0 bridgehead atoms. The standard InChI is InChI=1S/C14H13FN2O4/c1-17-10(7-9(16-17)14(18)19)12-8(15)3-4-11-13(12)21-6-2-5-20-11/h3-4,7H,2,5-6H2,1H3,(H,18,19). The zero-order chi connectivity index (χ0) is 15.0. The number of aryl methyl sites for hydroxylation is 1. The summed E-state index contributed by atoms with van der Waals surface area (Å²) in [6, 6.07) is 4.10. The summed E-state index contributed by atoms with van der Waals surface area (Å²) in [6.07, 6.45) is 0.696. The van der Waals surface area contributed by atoms with E-state index in [4.69, 9.17) is 14.6 Å². The number of carbonyl (C=O) groups is 1. The van der Waals surface area contributed by atoms with Crippen LogP contribution in [0.5, 0.6) is 11.5 Å². The van der Waals surface area contributed by atoms with Crippen LogP contribution in [0.2, 0.25) is 0 Å². The van der Waals surface area contributed by atoms with Gasteiger partial charge in [-0.1, -0.05) is 0 Å². The van der Waals surface area contributed by atoms with E-state index in [1.807, 2.05) is 0 Å². The number of benzene rings is 1. The van der Waals surface area contributed by atoms with Gasteiger partial charge in [-0.3, -0.25) is 4.68 Å². The summed E-state index contributed by atoms with van der Waals surface area (Å²) in [5.74, 6) is -0.954. The van der Waals surface area contributed by atoms with Gasteiger partial charge >= 0.3 is 5.97 Å². The molecule has 0 unspecified atom stereocenters. The number of fused-ring (bicyclic) bond motifs is 1. The summed E-state index contributed by atoms with van der Waals surface area (Å²) < 4.78 is 26.7. The number of hydrogen-bond donors (Lipinski definition) is 1. The maximum atomic E-state index is 14.3. The van der Waals surface area contributed by atoms with E-state index >= 15 is 0 Å². The van der Waals surface area contributed by atoms with Gasteiger partial charge in [-0.25, -0.2) is 9.18 Å². The lowest BCUT2D eigenvalue weighted by atomic mass is 10.1. The molecule has 1 N–H and O–H groups in total. The summed E-state index contributed by atoms with van der Waals surface area (Å²) in [5, 5.41) is 12.9. The maximum absolute atomic E-state index is 14.3. The van der Waals surface area contributed by atoms with E-state index in [0.29, 0.717) is 31.1 Å². The zero-order valence-electron chi connectivity index (χ0n) is 11.3. The minimum Gasteiger partial charge on any atom is -0.490 e. The lowest BCUT2D eigenvalue weighted by Crippen LogP contribution is -2.01.